The average Bonchev–Trinajstić information content (AvgIpc) is 2.76. The van der Waals surface area contributed by atoms with Crippen LogP contribution in [0, 0.1) is 11.3 Å². The molecule has 3 nitrogen and oxygen atoms in total. The molecule has 0 radical (unpaired) electrons. The summed E-state index contributed by atoms with van der Waals surface area (Å²) in [5, 5.41) is 0. The van der Waals surface area contributed by atoms with Crippen molar-refractivity contribution in [1.29, 1.82) is 0 Å². The Hall–Kier alpha value is -0.410. The van der Waals surface area contributed by atoms with Gasteiger partial charge in [0.2, 0.25) is 0 Å². The molecule has 2 aliphatic rings. The number of hydrogen-bond donors (Lipinski definition) is 0. The zero-order valence-corrected chi connectivity index (χ0v) is 13.7. The Bertz CT molecular complexity index is 329. The van der Waals surface area contributed by atoms with E-state index in [2.05, 4.69) is 30.8 Å². The summed E-state index contributed by atoms with van der Waals surface area (Å²) in [6, 6.07) is 0. The minimum atomic E-state index is 0.347. The zero-order chi connectivity index (χ0) is 14.6. The molecule has 2 atom stereocenters. The second-order valence-corrected chi connectivity index (χ2v) is 7.35. The maximum Gasteiger partial charge on any atom is 0.136 e. The number of carbonyl (C=O) groups excluding carboxylic acids is 1. The molecule has 0 aromatic heterocycles. The van der Waals surface area contributed by atoms with Crippen molar-refractivity contribution >= 4 is 5.78 Å². The Kier molecular flexibility index (Phi) is 5.62. The fraction of sp³-hybridized carbons (Fsp3) is 0.941. The lowest BCUT2D eigenvalue weighted by Crippen LogP contribution is -2.37. The second kappa shape index (κ2) is 7.04. The van der Waals surface area contributed by atoms with Gasteiger partial charge in [0.1, 0.15) is 5.78 Å². The van der Waals surface area contributed by atoms with E-state index in [0.717, 1.165) is 25.7 Å². The number of carbonyl (C=O) groups is 1. The first-order chi connectivity index (χ1) is 9.54. The number of likely N-dealkylation sites (tertiary alicyclic amines) is 1. The van der Waals surface area contributed by atoms with Crippen LogP contribution < -0.4 is 0 Å². The van der Waals surface area contributed by atoms with Crippen LogP contribution >= 0.6 is 0 Å². The van der Waals surface area contributed by atoms with Crippen molar-refractivity contribution in [3.05, 3.63) is 0 Å². The summed E-state index contributed by atoms with van der Waals surface area (Å²) >= 11 is 0. The Morgan fingerprint density at radius 1 is 1.35 bits per heavy atom. The summed E-state index contributed by atoms with van der Waals surface area (Å²) in [7, 11) is 4.28. The van der Waals surface area contributed by atoms with Gasteiger partial charge in [0, 0.05) is 18.9 Å². The summed E-state index contributed by atoms with van der Waals surface area (Å²) < 4.78 is 0. The van der Waals surface area contributed by atoms with E-state index in [-0.39, 0.29) is 0 Å². The highest BCUT2D eigenvalue weighted by atomic mass is 16.1. The Morgan fingerprint density at radius 3 is 2.80 bits per heavy atom. The van der Waals surface area contributed by atoms with Gasteiger partial charge in [-0.15, -0.1) is 0 Å². The quantitative estimate of drug-likeness (QED) is 0.747. The average molecular weight is 280 g/mol. The third-order valence-electron chi connectivity index (χ3n) is 5.26. The van der Waals surface area contributed by atoms with Gasteiger partial charge >= 0.3 is 0 Å². The van der Waals surface area contributed by atoms with Gasteiger partial charge in [-0.3, -0.25) is 4.79 Å². The van der Waals surface area contributed by atoms with E-state index in [1.54, 1.807) is 0 Å². The predicted molar refractivity (Wildman–Crippen MR) is 83.9 cm³/mol. The van der Waals surface area contributed by atoms with E-state index >= 15 is 0 Å². The number of Topliss-reactive ketones (excluding diaryl/α,β-unsaturated/α-hetero) is 1. The molecular weight excluding hydrogens is 248 g/mol. The predicted octanol–water partition coefficient (Wildman–Crippen LogP) is 2.80. The molecule has 1 aliphatic heterocycles. The first-order valence-electron chi connectivity index (χ1n) is 8.44. The van der Waals surface area contributed by atoms with Gasteiger partial charge in [-0.2, -0.15) is 0 Å². The highest BCUT2D eigenvalue weighted by Gasteiger charge is 2.43. The Labute approximate surface area is 124 Å². The van der Waals surface area contributed by atoms with E-state index in [0.29, 0.717) is 17.1 Å². The molecule has 0 N–H and O–H groups in total. The van der Waals surface area contributed by atoms with E-state index in [9.17, 15) is 4.79 Å². The lowest BCUT2D eigenvalue weighted by atomic mass is 9.68. The highest BCUT2D eigenvalue weighted by Crippen LogP contribution is 2.44. The maximum absolute atomic E-state index is 12.3. The van der Waals surface area contributed by atoms with Gasteiger partial charge in [0.25, 0.3) is 0 Å². The number of nitrogens with zero attached hydrogens (tertiary/aromatic N) is 2. The fourth-order valence-electron chi connectivity index (χ4n) is 4.08. The fourth-order valence-corrected chi connectivity index (χ4v) is 4.08. The molecular formula is C17H32N2O. The first kappa shape index (κ1) is 16.0. The van der Waals surface area contributed by atoms with Crippen LogP contribution in [-0.4, -0.2) is 55.9 Å². The Morgan fingerprint density at radius 2 is 2.15 bits per heavy atom. The Balaban J connectivity index is 1.78. The van der Waals surface area contributed by atoms with Gasteiger partial charge in [-0.25, -0.2) is 0 Å². The molecule has 0 aromatic rings. The van der Waals surface area contributed by atoms with E-state index in [1.165, 1.54) is 45.4 Å². The van der Waals surface area contributed by atoms with Crippen LogP contribution in [0.2, 0.25) is 0 Å². The second-order valence-electron chi connectivity index (χ2n) is 7.35. The van der Waals surface area contributed by atoms with Crippen LogP contribution in [-0.2, 0) is 4.79 Å². The molecule has 1 saturated carbocycles. The largest absolute Gasteiger partial charge is 0.309 e. The van der Waals surface area contributed by atoms with Crippen molar-refractivity contribution in [3.8, 4) is 0 Å². The molecule has 1 heterocycles. The molecule has 116 valence electrons. The van der Waals surface area contributed by atoms with E-state index < -0.39 is 0 Å². The summed E-state index contributed by atoms with van der Waals surface area (Å²) in [5.74, 6) is 0.946. The minimum Gasteiger partial charge on any atom is -0.309 e. The third-order valence-corrected chi connectivity index (χ3v) is 5.26. The zero-order valence-electron chi connectivity index (χ0n) is 13.7. The van der Waals surface area contributed by atoms with Crippen LogP contribution in [0.4, 0.5) is 0 Å². The normalized spacial score (nSPS) is 31.6. The van der Waals surface area contributed by atoms with E-state index in [4.69, 9.17) is 0 Å². The van der Waals surface area contributed by atoms with Gasteiger partial charge in [0.05, 0.1) is 0 Å². The van der Waals surface area contributed by atoms with Gasteiger partial charge in [-0.1, -0.05) is 13.3 Å². The van der Waals surface area contributed by atoms with Crippen LogP contribution in [0.5, 0.6) is 0 Å². The van der Waals surface area contributed by atoms with Crippen molar-refractivity contribution < 1.29 is 4.79 Å². The molecule has 1 aliphatic carbocycles. The smallest absolute Gasteiger partial charge is 0.136 e. The van der Waals surface area contributed by atoms with Crippen LogP contribution in [0.1, 0.15) is 51.9 Å². The topological polar surface area (TPSA) is 23.6 Å². The third kappa shape index (κ3) is 4.05. The molecule has 2 rings (SSSR count). The number of rotatable bonds is 6. The van der Waals surface area contributed by atoms with Gasteiger partial charge in [-0.05, 0) is 71.2 Å². The van der Waals surface area contributed by atoms with E-state index in [1.807, 2.05) is 0 Å². The summed E-state index contributed by atoms with van der Waals surface area (Å²) in [4.78, 5) is 17.2. The van der Waals surface area contributed by atoms with Gasteiger partial charge < -0.3 is 9.80 Å². The number of hydrogen-bond acceptors (Lipinski definition) is 3. The molecule has 20 heavy (non-hydrogen) atoms. The molecule has 1 spiro atoms. The molecule has 2 fully saturated rings. The lowest BCUT2D eigenvalue weighted by molar-refractivity contribution is -0.128. The molecule has 0 bridgehead atoms. The SMILES string of the molecule is CCCC1CCC2(CCN(CCCN(C)C)C2)CC1=O. The van der Waals surface area contributed by atoms with Crippen molar-refractivity contribution in [2.45, 2.75) is 51.9 Å². The van der Waals surface area contributed by atoms with Crippen molar-refractivity contribution in [1.82, 2.24) is 9.80 Å². The highest BCUT2D eigenvalue weighted by molar-refractivity contribution is 5.82. The molecule has 1 saturated heterocycles. The molecule has 3 heteroatoms. The summed E-state index contributed by atoms with van der Waals surface area (Å²) in [6.45, 7) is 6.94. The lowest BCUT2D eigenvalue weighted by Gasteiger charge is -2.36. The minimum absolute atomic E-state index is 0.347. The number of ketones is 1. The van der Waals surface area contributed by atoms with Crippen LogP contribution in [0.25, 0.3) is 0 Å². The van der Waals surface area contributed by atoms with Crippen LogP contribution in [0.15, 0.2) is 0 Å². The van der Waals surface area contributed by atoms with Crippen molar-refractivity contribution in [2.75, 3.05) is 40.3 Å². The van der Waals surface area contributed by atoms with Gasteiger partial charge in [0.15, 0.2) is 0 Å². The molecule has 0 amide bonds. The first-order valence-corrected chi connectivity index (χ1v) is 8.44. The maximum atomic E-state index is 12.3. The standard InChI is InChI=1S/C17H32N2O/c1-4-6-15-7-8-17(13-16(15)20)9-12-19(14-17)11-5-10-18(2)3/h15H,4-14H2,1-3H3. The monoisotopic (exact) mass is 280 g/mol. The summed E-state index contributed by atoms with van der Waals surface area (Å²) in [5.41, 5.74) is 0.347. The van der Waals surface area contributed by atoms with Crippen molar-refractivity contribution in [2.24, 2.45) is 11.3 Å². The molecule has 0 aromatic carbocycles. The summed E-state index contributed by atoms with van der Waals surface area (Å²) in [6.07, 6.45) is 8.06. The molecule has 2 unspecified atom stereocenters. The van der Waals surface area contributed by atoms with Crippen LogP contribution in [0.3, 0.4) is 0 Å². The van der Waals surface area contributed by atoms with Crippen molar-refractivity contribution in [3.63, 3.8) is 0 Å².